The Morgan fingerprint density at radius 3 is 2.82 bits per heavy atom. The number of ether oxygens (including phenoxy) is 1. The Bertz CT molecular complexity index is 619. The van der Waals surface area contributed by atoms with Crippen molar-refractivity contribution in [3.63, 3.8) is 0 Å². The van der Waals surface area contributed by atoms with Gasteiger partial charge in [-0.3, -0.25) is 0 Å². The summed E-state index contributed by atoms with van der Waals surface area (Å²) in [7, 11) is 0. The number of urea groups is 1. The molecule has 1 aliphatic rings. The number of hydrogen-bond donors (Lipinski definition) is 2. The third-order valence-corrected chi connectivity index (χ3v) is 4.21. The van der Waals surface area contributed by atoms with Crippen LogP contribution in [-0.2, 0) is 9.53 Å². The summed E-state index contributed by atoms with van der Waals surface area (Å²) in [6, 6.07) is 6.50. The Hall–Kier alpha value is -1.53. The minimum Gasteiger partial charge on any atom is -0.462 e. The van der Waals surface area contributed by atoms with Crippen molar-refractivity contribution in [2.75, 3.05) is 12.5 Å². The standard InChI is InChI=1S/C15H16BrClN2O3/c1-9-12(14(20)22-8-4-7-17)13(19-15(21)18-9)10-5-2-3-6-11(10)16/h2-3,5-6,13H,4,7-8H2,1H3,(H2,18,19,21)/t13-/m1/s1. The summed E-state index contributed by atoms with van der Waals surface area (Å²) in [5.41, 5.74) is 1.67. The molecule has 0 fully saturated rings. The molecule has 2 amide bonds. The van der Waals surface area contributed by atoms with Crippen LogP contribution in [0.3, 0.4) is 0 Å². The van der Waals surface area contributed by atoms with Crippen LogP contribution in [0.25, 0.3) is 0 Å². The number of alkyl halides is 1. The summed E-state index contributed by atoms with van der Waals surface area (Å²) >= 11 is 9.03. The lowest BCUT2D eigenvalue weighted by Crippen LogP contribution is -2.45. The van der Waals surface area contributed by atoms with Crippen LogP contribution in [0, 0.1) is 0 Å². The van der Waals surface area contributed by atoms with Gasteiger partial charge in [0, 0.05) is 16.0 Å². The molecule has 2 N–H and O–H groups in total. The van der Waals surface area contributed by atoms with E-state index in [1.165, 1.54) is 0 Å². The van der Waals surface area contributed by atoms with Gasteiger partial charge in [0.2, 0.25) is 0 Å². The smallest absolute Gasteiger partial charge is 0.338 e. The maximum atomic E-state index is 12.4. The Kier molecular flexibility index (Phi) is 5.85. The van der Waals surface area contributed by atoms with Crippen molar-refractivity contribution in [2.24, 2.45) is 0 Å². The second kappa shape index (κ2) is 7.65. The van der Waals surface area contributed by atoms with Crippen molar-refractivity contribution < 1.29 is 14.3 Å². The summed E-state index contributed by atoms with van der Waals surface area (Å²) in [5, 5.41) is 5.37. The lowest BCUT2D eigenvalue weighted by molar-refractivity contribution is -0.139. The topological polar surface area (TPSA) is 67.4 Å². The van der Waals surface area contributed by atoms with Crippen molar-refractivity contribution in [1.82, 2.24) is 10.6 Å². The summed E-state index contributed by atoms with van der Waals surface area (Å²) in [6.45, 7) is 1.93. The second-order valence-corrected chi connectivity index (χ2v) is 6.00. The fraction of sp³-hybridized carbons (Fsp3) is 0.333. The molecule has 1 atom stereocenters. The highest BCUT2D eigenvalue weighted by Crippen LogP contribution is 2.32. The van der Waals surface area contributed by atoms with Crippen LogP contribution in [0.5, 0.6) is 0 Å². The average Bonchev–Trinajstić information content (AvgIpc) is 2.47. The summed E-state index contributed by atoms with van der Waals surface area (Å²) in [4.78, 5) is 24.1. The summed E-state index contributed by atoms with van der Waals surface area (Å²) in [5.74, 6) is -0.0376. The number of allylic oxidation sites excluding steroid dienone is 1. The van der Waals surface area contributed by atoms with Gasteiger partial charge in [-0.15, -0.1) is 11.6 Å². The van der Waals surface area contributed by atoms with E-state index in [1.807, 2.05) is 24.3 Å². The normalized spacial score (nSPS) is 17.8. The van der Waals surface area contributed by atoms with Crippen molar-refractivity contribution in [3.8, 4) is 0 Å². The highest BCUT2D eigenvalue weighted by molar-refractivity contribution is 9.10. The van der Waals surface area contributed by atoms with Crippen LogP contribution in [0.2, 0.25) is 0 Å². The molecule has 5 nitrogen and oxygen atoms in total. The van der Waals surface area contributed by atoms with E-state index in [-0.39, 0.29) is 12.6 Å². The SMILES string of the molecule is CC1=C(C(=O)OCCCCl)[C@@H](c2ccccc2Br)NC(=O)N1. The van der Waals surface area contributed by atoms with Crippen LogP contribution in [0.1, 0.15) is 24.9 Å². The zero-order valence-corrected chi connectivity index (χ0v) is 14.3. The molecule has 0 spiro atoms. The first-order chi connectivity index (χ1) is 10.5. The first-order valence-corrected chi connectivity index (χ1v) is 8.13. The number of carbonyl (C=O) groups excluding carboxylic acids is 2. The van der Waals surface area contributed by atoms with E-state index in [0.717, 1.165) is 10.0 Å². The van der Waals surface area contributed by atoms with E-state index in [2.05, 4.69) is 26.6 Å². The van der Waals surface area contributed by atoms with E-state index in [0.29, 0.717) is 23.6 Å². The number of rotatable bonds is 5. The Balaban J connectivity index is 2.33. The molecule has 22 heavy (non-hydrogen) atoms. The van der Waals surface area contributed by atoms with Gasteiger partial charge >= 0.3 is 12.0 Å². The molecule has 7 heteroatoms. The number of esters is 1. The second-order valence-electron chi connectivity index (χ2n) is 4.77. The van der Waals surface area contributed by atoms with Crippen molar-refractivity contribution in [1.29, 1.82) is 0 Å². The van der Waals surface area contributed by atoms with Crippen molar-refractivity contribution in [2.45, 2.75) is 19.4 Å². The number of nitrogens with one attached hydrogen (secondary N) is 2. The molecule has 0 saturated carbocycles. The fourth-order valence-electron chi connectivity index (χ4n) is 2.20. The van der Waals surface area contributed by atoms with Gasteiger partial charge in [-0.1, -0.05) is 34.1 Å². The van der Waals surface area contributed by atoms with Crippen molar-refractivity contribution in [3.05, 3.63) is 45.6 Å². The van der Waals surface area contributed by atoms with E-state index in [1.54, 1.807) is 6.92 Å². The first-order valence-electron chi connectivity index (χ1n) is 6.80. The molecule has 0 aromatic heterocycles. The Labute approximate surface area is 142 Å². The lowest BCUT2D eigenvalue weighted by Gasteiger charge is -2.28. The number of benzene rings is 1. The monoisotopic (exact) mass is 386 g/mol. The molecule has 2 rings (SSSR count). The van der Waals surface area contributed by atoms with E-state index >= 15 is 0 Å². The third-order valence-electron chi connectivity index (χ3n) is 3.22. The van der Waals surface area contributed by atoms with Crippen LogP contribution < -0.4 is 10.6 Å². The van der Waals surface area contributed by atoms with E-state index in [9.17, 15) is 9.59 Å². The molecule has 1 heterocycles. The van der Waals surface area contributed by atoms with Gasteiger partial charge in [0.15, 0.2) is 0 Å². The van der Waals surface area contributed by atoms with Gasteiger partial charge in [-0.05, 0) is 25.0 Å². The number of hydrogen-bond acceptors (Lipinski definition) is 3. The minimum atomic E-state index is -0.562. The van der Waals surface area contributed by atoms with E-state index < -0.39 is 12.0 Å². The lowest BCUT2D eigenvalue weighted by atomic mass is 9.95. The van der Waals surface area contributed by atoms with Crippen LogP contribution in [-0.4, -0.2) is 24.5 Å². The molecule has 118 valence electrons. The van der Waals surface area contributed by atoms with Gasteiger partial charge in [0.25, 0.3) is 0 Å². The highest BCUT2D eigenvalue weighted by atomic mass is 79.9. The molecule has 1 aromatic carbocycles. The van der Waals surface area contributed by atoms with Gasteiger partial charge in [-0.25, -0.2) is 9.59 Å². The van der Waals surface area contributed by atoms with Gasteiger partial charge in [0.05, 0.1) is 18.2 Å². The molecule has 0 radical (unpaired) electrons. The fourth-order valence-corrected chi connectivity index (χ4v) is 2.83. The quantitative estimate of drug-likeness (QED) is 0.463. The summed E-state index contributed by atoms with van der Waals surface area (Å²) < 4.78 is 6.04. The molecule has 1 aromatic rings. The van der Waals surface area contributed by atoms with Crippen molar-refractivity contribution >= 4 is 39.5 Å². The Morgan fingerprint density at radius 2 is 2.14 bits per heavy atom. The number of amides is 2. The molecule has 0 bridgehead atoms. The molecule has 1 aliphatic heterocycles. The molecule has 0 unspecified atom stereocenters. The minimum absolute atomic E-state index is 0.246. The first kappa shape index (κ1) is 16.8. The zero-order valence-electron chi connectivity index (χ0n) is 12.0. The maximum Gasteiger partial charge on any atom is 0.338 e. The predicted molar refractivity (Wildman–Crippen MR) is 87.5 cm³/mol. The maximum absolute atomic E-state index is 12.4. The van der Waals surface area contributed by atoms with Gasteiger partial charge in [0.1, 0.15) is 0 Å². The van der Waals surface area contributed by atoms with E-state index in [4.69, 9.17) is 16.3 Å². The predicted octanol–water partition coefficient (Wildman–Crippen LogP) is 3.25. The van der Waals surface area contributed by atoms with Crippen LogP contribution in [0.15, 0.2) is 40.0 Å². The Morgan fingerprint density at radius 1 is 1.41 bits per heavy atom. The van der Waals surface area contributed by atoms with Crippen LogP contribution in [0.4, 0.5) is 4.79 Å². The molecular weight excluding hydrogens is 372 g/mol. The molecule has 0 aliphatic carbocycles. The molecular formula is C15H16BrClN2O3. The molecule has 0 saturated heterocycles. The van der Waals surface area contributed by atoms with Gasteiger partial charge in [-0.2, -0.15) is 0 Å². The number of carbonyl (C=O) groups is 2. The number of halogens is 2. The largest absolute Gasteiger partial charge is 0.462 e. The van der Waals surface area contributed by atoms with Crippen LogP contribution >= 0.6 is 27.5 Å². The third kappa shape index (κ3) is 3.81. The highest BCUT2D eigenvalue weighted by Gasteiger charge is 2.33. The summed E-state index contributed by atoms with van der Waals surface area (Å²) in [6.07, 6.45) is 0.582. The average molecular weight is 388 g/mol. The zero-order chi connectivity index (χ0) is 16.1. The van der Waals surface area contributed by atoms with Gasteiger partial charge < -0.3 is 15.4 Å².